The number of hydrogen-bond acceptors (Lipinski definition) is 3. The van der Waals surface area contributed by atoms with Gasteiger partial charge in [0.1, 0.15) is 0 Å². The molecule has 0 aliphatic heterocycles. The molecule has 15 heteroatoms. The normalized spacial score (nSPS) is 16.4. The van der Waals surface area contributed by atoms with Gasteiger partial charge in [-0.05, 0) is 37.8 Å². The van der Waals surface area contributed by atoms with Crippen molar-refractivity contribution in [2.75, 3.05) is 6.61 Å². The van der Waals surface area contributed by atoms with Gasteiger partial charge in [0.05, 0.1) is 0 Å². The van der Waals surface area contributed by atoms with Crippen molar-refractivity contribution in [3.05, 3.63) is 34.9 Å². The summed E-state index contributed by atoms with van der Waals surface area (Å²) in [4.78, 5) is 0. The molecule has 0 aliphatic rings. The van der Waals surface area contributed by atoms with Gasteiger partial charge in [-0.2, -0.15) is 52.7 Å². The summed E-state index contributed by atoms with van der Waals surface area (Å²) in [6, 6.07) is -0.418. The fraction of sp³-hybridized carbons (Fsp3) is 0.700. The third kappa shape index (κ3) is 5.66. The second kappa shape index (κ2) is 9.96. The molecule has 1 rings (SSSR count). The average molecular weight is 538 g/mol. The molecule has 0 bridgehead atoms. The fourth-order valence-electron chi connectivity index (χ4n) is 3.28. The topological polar surface area (TPSA) is 38.7 Å². The van der Waals surface area contributed by atoms with E-state index in [4.69, 9.17) is 0 Å². The van der Waals surface area contributed by atoms with Crippen LogP contribution in [0.4, 0.5) is 52.7 Å². The van der Waals surface area contributed by atoms with E-state index in [1.165, 1.54) is 13.8 Å². The largest absolute Gasteiger partial charge is 0.430 e. The predicted molar refractivity (Wildman–Crippen MR) is 97.1 cm³/mol. The first-order chi connectivity index (χ1) is 15.5. The minimum Gasteiger partial charge on any atom is -0.369 e. The van der Waals surface area contributed by atoms with Gasteiger partial charge in [0.15, 0.2) is 6.29 Å². The molecule has 2 unspecified atom stereocenters. The maximum Gasteiger partial charge on any atom is 0.430 e. The lowest BCUT2D eigenvalue weighted by Gasteiger charge is -2.40. The quantitative estimate of drug-likeness (QED) is 0.280. The Balaban J connectivity index is 4.27. The summed E-state index contributed by atoms with van der Waals surface area (Å²) in [5.74, 6) is -1.11. The van der Waals surface area contributed by atoms with Crippen molar-refractivity contribution in [3.63, 3.8) is 0 Å². The smallest absolute Gasteiger partial charge is 0.369 e. The van der Waals surface area contributed by atoms with Crippen molar-refractivity contribution in [2.24, 2.45) is 0 Å². The molecule has 1 N–H and O–H groups in total. The molecule has 2 atom stereocenters. The number of alkyl halides is 12. The van der Waals surface area contributed by atoms with Crippen LogP contribution >= 0.6 is 0 Å². The highest BCUT2D eigenvalue weighted by atomic mass is 19.4. The summed E-state index contributed by atoms with van der Waals surface area (Å²) >= 11 is 0. The molecule has 0 amide bonds. The van der Waals surface area contributed by atoms with E-state index >= 15 is 0 Å². The van der Waals surface area contributed by atoms with Crippen LogP contribution in [0.25, 0.3) is 0 Å². The standard InChI is InChI=1S/C20H22F12O3/c1-5-10(3)12-7-13(15(33,17(21,22)23)18(24,25)26)9-14(8-12)16(19(27,28)29,20(30,31)32)35-11(4)34-6-2/h7-11,33H,5-6H2,1-4H3. The van der Waals surface area contributed by atoms with Crippen LogP contribution in [0.2, 0.25) is 0 Å². The van der Waals surface area contributed by atoms with E-state index in [0.29, 0.717) is 6.92 Å². The molecule has 0 fully saturated rings. The van der Waals surface area contributed by atoms with Crippen LogP contribution in [-0.2, 0) is 20.7 Å². The molecule has 0 spiro atoms. The van der Waals surface area contributed by atoms with Gasteiger partial charge >= 0.3 is 24.7 Å². The number of aliphatic hydroxyl groups is 1. The van der Waals surface area contributed by atoms with Gasteiger partial charge in [-0.15, -0.1) is 0 Å². The molecule has 0 aromatic heterocycles. The van der Waals surface area contributed by atoms with Crippen molar-refractivity contribution < 1.29 is 67.3 Å². The van der Waals surface area contributed by atoms with Crippen molar-refractivity contribution in [3.8, 4) is 0 Å². The van der Waals surface area contributed by atoms with E-state index in [1.54, 1.807) is 0 Å². The number of rotatable bonds is 8. The Morgan fingerprint density at radius 3 is 1.49 bits per heavy atom. The summed E-state index contributed by atoms with van der Waals surface area (Å²) in [7, 11) is 0. The van der Waals surface area contributed by atoms with E-state index < -0.39 is 77.5 Å². The van der Waals surface area contributed by atoms with E-state index in [-0.39, 0.29) is 18.6 Å². The third-order valence-corrected chi connectivity index (χ3v) is 5.32. The molecular formula is C20H22F12O3. The third-order valence-electron chi connectivity index (χ3n) is 5.32. The first-order valence-corrected chi connectivity index (χ1v) is 9.95. The second-order valence-corrected chi connectivity index (χ2v) is 7.68. The highest BCUT2D eigenvalue weighted by molar-refractivity contribution is 5.41. The van der Waals surface area contributed by atoms with Gasteiger partial charge in [0.2, 0.25) is 0 Å². The highest BCUT2D eigenvalue weighted by Gasteiger charge is 2.75. The number of halogens is 12. The van der Waals surface area contributed by atoms with Gasteiger partial charge in [-0.1, -0.05) is 26.0 Å². The van der Waals surface area contributed by atoms with Crippen molar-refractivity contribution in [1.29, 1.82) is 0 Å². The average Bonchev–Trinajstić information content (AvgIpc) is 2.66. The second-order valence-electron chi connectivity index (χ2n) is 7.68. The number of ether oxygens (including phenoxy) is 2. The monoisotopic (exact) mass is 538 g/mol. The zero-order chi connectivity index (χ0) is 27.8. The van der Waals surface area contributed by atoms with Crippen LogP contribution in [0, 0.1) is 0 Å². The zero-order valence-corrected chi connectivity index (χ0v) is 18.6. The number of hydrogen-bond donors (Lipinski definition) is 1. The lowest BCUT2D eigenvalue weighted by molar-refractivity contribution is -0.415. The van der Waals surface area contributed by atoms with E-state index in [1.807, 2.05) is 0 Å². The molecule has 35 heavy (non-hydrogen) atoms. The molecule has 1 aromatic rings. The van der Waals surface area contributed by atoms with Crippen LogP contribution < -0.4 is 0 Å². The maximum atomic E-state index is 14.1. The Morgan fingerprint density at radius 1 is 0.714 bits per heavy atom. The van der Waals surface area contributed by atoms with Gasteiger partial charge in [-0.3, -0.25) is 0 Å². The first-order valence-electron chi connectivity index (χ1n) is 9.95. The van der Waals surface area contributed by atoms with E-state index in [0.717, 1.165) is 6.92 Å². The molecule has 204 valence electrons. The molecule has 0 aliphatic carbocycles. The molecule has 0 saturated carbocycles. The van der Waals surface area contributed by atoms with Crippen LogP contribution in [0.5, 0.6) is 0 Å². The summed E-state index contributed by atoms with van der Waals surface area (Å²) in [6.45, 7) is 3.88. The van der Waals surface area contributed by atoms with E-state index in [2.05, 4.69) is 9.47 Å². The Labute approximate surface area is 192 Å². The van der Waals surface area contributed by atoms with Crippen molar-refractivity contribution in [2.45, 2.75) is 82.2 Å². The van der Waals surface area contributed by atoms with Crippen LogP contribution in [-0.4, -0.2) is 42.7 Å². The van der Waals surface area contributed by atoms with Gasteiger partial charge in [0.25, 0.3) is 11.2 Å². The minimum atomic E-state index is -6.56. The fourth-order valence-corrected chi connectivity index (χ4v) is 3.28. The van der Waals surface area contributed by atoms with E-state index in [9.17, 15) is 57.8 Å². The molecule has 1 aromatic carbocycles. The minimum absolute atomic E-state index is 0.0716. The van der Waals surface area contributed by atoms with Crippen LogP contribution in [0.3, 0.4) is 0 Å². The summed E-state index contributed by atoms with van der Waals surface area (Å²) in [5.41, 5.74) is -16.4. The van der Waals surface area contributed by atoms with Gasteiger partial charge in [-0.25, -0.2) is 0 Å². The molecule has 3 nitrogen and oxygen atoms in total. The lowest BCUT2D eigenvalue weighted by atomic mass is 9.81. The van der Waals surface area contributed by atoms with Crippen LogP contribution in [0.1, 0.15) is 56.7 Å². The summed E-state index contributed by atoms with van der Waals surface area (Å²) in [5, 5.41) is 9.72. The van der Waals surface area contributed by atoms with Crippen molar-refractivity contribution >= 4 is 0 Å². The highest BCUT2D eigenvalue weighted by Crippen LogP contribution is 2.56. The summed E-state index contributed by atoms with van der Waals surface area (Å²) < 4.78 is 174. The van der Waals surface area contributed by atoms with Gasteiger partial charge in [0, 0.05) is 17.7 Å². The Hall–Kier alpha value is -1.74. The molecule has 0 heterocycles. The van der Waals surface area contributed by atoms with Crippen molar-refractivity contribution in [1.82, 2.24) is 0 Å². The Bertz CT molecular complexity index is 827. The first kappa shape index (κ1) is 31.3. The lowest BCUT2D eigenvalue weighted by Crippen LogP contribution is -2.58. The Morgan fingerprint density at radius 2 is 1.14 bits per heavy atom. The maximum absolute atomic E-state index is 14.1. The summed E-state index contributed by atoms with van der Waals surface area (Å²) in [6.07, 6.45) is -28.3. The van der Waals surface area contributed by atoms with Crippen LogP contribution in [0.15, 0.2) is 18.2 Å². The predicted octanol–water partition coefficient (Wildman–Crippen LogP) is 7.23. The SMILES string of the molecule is CCOC(C)OC(c1cc(C(C)CC)cc(C(O)(C(F)(F)F)C(F)(F)F)c1)(C(F)(F)F)C(F)(F)F. The zero-order valence-electron chi connectivity index (χ0n) is 18.6. The van der Waals surface area contributed by atoms with Gasteiger partial charge < -0.3 is 14.6 Å². The number of benzene rings is 1. The molecule has 0 saturated heterocycles. The molecular weight excluding hydrogens is 516 g/mol. The Kier molecular flexibility index (Phi) is 8.90. The molecule has 0 radical (unpaired) electrons.